The van der Waals surface area contributed by atoms with Gasteiger partial charge < -0.3 is 8.82 Å². The summed E-state index contributed by atoms with van der Waals surface area (Å²) in [5, 5.41) is 2.27. The summed E-state index contributed by atoms with van der Waals surface area (Å²) in [5.74, 6) is -0.196. The van der Waals surface area contributed by atoms with E-state index in [-0.39, 0.29) is 12.5 Å². The van der Waals surface area contributed by atoms with Crippen molar-refractivity contribution in [2.75, 3.05) is 0 Å². The Morgan fingerprint density at radius 1 is 1.00 bits per heavy atom. The van der Waals surface area contributed by atoms with E-state index in [2.05, 4.69) is 72.0 Å². The van der Waals surface area contributed by atoms with Crippen molar-refractivity contribution < 1.29 is 8.81 Å². The van der Waals surface area contributed by atoms with Gasteiger partial charge in [-0.15, -0.1) is 0 Å². The highest BCUT2D eigenvalue weighted by Gasteiger charge is 2.45. The van der Waals surface area contributed by atoms with Gasteiger partial charge >= 0.3 is 0 Å². The number of halogens is 1. The molecule has 0 N–H and O–H groups in total. The summed E-state index contributed by atoms with van der Waals surface area (Å²) in [6.45, 7) is 9.84. The van der Waals surface area contributed by atoms with Crippen molar-refractivity contribution in [3.63, 3.8) is 0 Å². The molecule has 0 radical (unpaired) electrons. The second kappa shape index (κ2) is 6.49. The van der Waals surface area contributed by atoms with Gasteiger partial charge in [-0.2, -0.15) is 0 Å². The Morgan fingerprint density at radius 2 is 1.83 bits per heavy atom. The van der Waals surface area contributed by atoms with Gasteiger partial charge in [0.25, 0.3) is 6.71 Å². The van der Waals surface area contributed by atoms with Gasteiger partial charge in [0.05, 0.1) is 11.5 Å². The number of rotatable bonds is 2. The monoisotopic (exact) mass is 468 g/mol. The first-order valence-corrected chi connectivity index (χ1v) is 12.3. The molecule has 5 heteroatoms. The van der Waals surface area contributed by atoms with E-state index >= 15 is 0 Å². The maximum atomic E-state index is 14.5. The molecule has 6 aromatic rings. The fourth-order valence-electron chi connectivity index (χ4n) is 6.80. The zero-order chi connectivity index (χ0) is 24.5. The molecule has 172 valence electrons. The molecule has 0 saturated carbocycles. The van der Waals surface area contributed by atoms with Crippen molar-refractivity contribution >= 4 is 62.8 Å². The normalized spacial score (nSPS) is 13.8. The summed E-state index contributed by atoms with van der Waals surface area (Å²) in [6.07, 6.45) is 5.72. The number of aromatic nitrogens is 2. The largest absolute Gasteiger partial charge is 0.456 e. The highest BCUT2D eigenvalue weighted by atomic mass is 19.1. The summed E-state index contributed by atoms with van der Waals surface area (Å²) >= 11 is 0. The minimum Gasteiger partial charge on any atom is -0.456 e. The van der Waals surface area contributed by atoms with Crippen LogP contribution in [0.1, 0.15) is 29.4 Å². The van der Waals surface area contributed by atoms with E-state index in [0.717, 1.165) is 50.0 Å². The van der Waals surface area contributed by atoms with E-state index in [1.807, 2.05) is 18.2 Å². The lowest BCUT2D eigenvalue weighted by molar-refractivity contribution is 0.648. The Hall–Kier alpha value is -4.25. The molecule has 0 unspecified atom stereocenters. The smallest absolute Gasteiger partial charge is 0.252 e. The Morgan fingerprint density at radius 3 is 2.64 bits per heavy atom. The molecule has 0 aliphatic carbocycles. The third-order valence-corrected chi connectivity index (χ3v) is 8.08. The summed E-state index contributed by atoms with van der Waals surface area (Å²) in [7, 11) is 0. The van der Waals surface area contributed by atoms with Crippen molar-refractivity contribution in [2.24, 2.45) is 0 Å². The number of nitrogens with zero attached hydrogens (tertiary/aromatic N) is 2. The number of benzene rings is 3. The lowest BCUT2D eigenvalue weighted by atomic mass is 9.37. The van der Waals surface area contributed by atoms with Crippen LogP contribution in [0, 0.1) is 13.8 Å². The van der Waals surface area contributed by atoms with Crippen molar-refractivity contribution in [3.05, 3.63) is 89.6 Å². The number of imidazole rings is 1. The first-order valence-electron chi connectivity index (χ1n) is 12.3. The number of para-hydroxylation sites is 1. The van der Waals surface area contributed by atoms with Gasteiger partial charge in [0.15, 0.2) is 0 Å². The molecular weight excluding hydrogens is 446 g/mol. The van der Waals surface area contributed by atoms with Crippen molar-refractivity contribution in [1.29, 1.82) is 0 Å². The molecule has 8 rings (SSSR count). The van der Waals surface area contributed by atoms with Crippen LogP contribution in [-0.2, 0) is 0 Å². The van der Waals surface area contributed by atoms with E-state index < -0.39 is 0 Å². The molecule has 2 aliphatic heterocycles. The van der Waals surface area contributed by atoms with Crippen LogP contribution in [0.15, 0.2) is 71.6 Å². The van der Waals surface area contributed by atoms with E-state index in [4.69, 9.17) is 4.42 Å². The first kappa shape index (κ1) is 20.0. The van der Waals surface area contributed by atoms with Crippen LogP contribution in [-0.4, -0.2) is 15.7 Å². The molecule has 0 amide bonds. The summed E-state index contributed by atoms with van der Waals surface area (Å²) < 4.78 is 25.3. The predicted molar refractivity (Wildman–Crippen MR) is 148 cm³/mol. The molecular formula is C31H22BFN2O. The van der Waals surface area contributed by atoms with Crippen LogP contribution >= 0.6 is 0 Å². The molecule has 0 saturated heterocycles. The number of furan rings is 1. The maximum absolute atomic E-state index is 14.5. The maximum Gasteiger partial charge on any atom is 0.252 e. The van der Waals surface area contributed by atoms with Gasteiger partial charge in [0.1, 0.15) is 16.8 Å². The highest BCUT2D eigenvalue weighted by Crippen LogP contribution is 2.39. The van der Waals surface area contributed by atoms with Crippen LogP contribution in [0.3, 0.4) is 0 Å². The second-order valence-corrected chi connectivity index (χ2v) is 10.1. The summed E-state index contributed by atoms with van der Waals surface area (Å²) in [5.41, 5.74) is 14.4. The van der Waals surface area contributed by atoms with Crippen LogP contribution in [0.2, 0.25) is 0 Å². The van der Waals surface area contributed by atoms with Crippen LogP contribution < -0.4 is 16.4 Å². The van der Waals surface area contributed by atoms with E-state index in [1.165, 1.54) is 40.2 Å². The molecule has 0 atom stereocenters. The molecule has 3 aromatic carbocycles. The molecule has 2 aliphatic rings. The SMILES string of the molecule is C=Cc1cn2c(C)c(/C=C(\C)F)c3c2n1-c1cc(C)cc2c1B3c1c-2ccc2oc3ccccc3c12. The van der Waals surface area contributed by atoms with Gasteiger partial charge in [-0.05, 0) is 89.8 Å². The third kappa shape index (κ3) is 2.20. The standard InChI is InChI=1S/C31H22BFN2O/c1-5-19-15-34-18(4)22(14-17(3)33)30-31(34)35(19)24-13-16(2)12-23-20-10-11-26-27(29(20)32(30)28(23)24)21-8-6-7-9-25(21)36-26/h5-15H,1H2,2-4H3/b17-14+. The van der Waals surface area contributed by atoms with Crippen molar-refractivity contribution in [1.82, 2.24) is 8.97 Å². The lowest BCUT2D eigenvalue weighted by Gasteiger charge is -2.24. The zero-order valence-corrected chi connectivity index (χ0v) is 20.3. The number of aryl methyl sites for hydroxylation is 2. The topological polar surface area (TPSA) is 22.5 Å². The van der Waals surface area contributed by atoms with Gasteiger partial charge in [-0.3, -0.25) is 4.57 Å². The fraction of sp³-hybridized carbons (Fsp3) is 0.0968. The minimum atomic E-state index is -0.196. The Balaban J connectivity index is 1.64. The van der Waals surface area contributed by atoms with E-state index in [9.17, 15) is 4.39 Å². The van der Waals surface area contributed by atoms with Crippen LogP contribution in [0.5, 0.6) is 0 Å². The van der Waals surface area contributed by atoms with Gasteiger partial charge in [0, 0.05) is 28.4 Å². The van der Waals surface area contributed by atoms with Crippen molar-refractivity contribution in [2.45, 2.75) is 20.8 Å². The lowest BCUT2D eigenvalue weighted by Crippen LogP contribution is -2.54. The average molecular weight is 468 g/mol. The van der Waals surface area contributed by atoms with Gasteiger partial charge in [-0.25, -0.2) is 4.39 Å². The molecule has 3 aromatic heterocycles. The molecule has 5 heterocycles. The summed E-state index contributed by atoms with van der Waals surface area (Å²) in [6, 6.07) is 17.1. The van der Waals surface area contributed by atoms with Gasteiger partial charge in [-0.1, -0.05) is 36.9 Å². The Kier molecular flexibility index (Phi) is 3.61. The molecule has 36 heavy (non-hydrogen) atoms. The van der Waals surface area contributed by atoms with Crippen molar-refractivity contribution in [3.8, 4) is 16.8 Å². The van der Waals surface area contributed by atoms with Gasteiger partial charge in [0.2, 0.25) is 0 Å². The first-order chi connectivity index (χ1) is 17.5. The minimum absolute atomic E-state index is 0.0235. The molecule has 0 spiro atoms. The second-order valence-electron chi connectivity index (χ2n) is 10.1. The number of allylic oxidation sites excluding steroid dienone is 1. The fourth-order valence-corrected chi connectivity index (χ4v) is 6.80. The Bertz CT molecular complexity index is 2010. The zero-order valence-electron chi connectivity index (χ0n) is 20.3. The molecule has 0 bridgehead atoms. The predicted octanol–water partition coefficient (Wildman–Crippen LogP) is 6.03. The van der Waals surface area contributed by atoms with E-state index in [1.54, 1.807) is 6.08 Å². The quantitative estimate of drug-likeness (QED) is 0.284. The van der Waals surface area contributed by atoms with E-state index in [0.29, 0.717) is 0 Å². The highest BCUT2D eigenvalue weighted by molar-refractivity contribution is 7.03. The third-order valence-electron chi connectivity index (χ3n) is 8.08. The average Bonchev–Trinajstić information content (AvgIpc) is 3.58. The van der Waals surface area contributed by atoms with Crippen LogP contribution in [0.25, 0.3) is 56.6 Å². The van der Waals surface area contributed by atoms with Crippen LogP contribution in [0.4, 0.5) is 4.39 Å². The number of hydrogen-bond donors (Lipinski definition) is 0. The Labute approximate surface area is 207 Å². The molecule has 3 nitrogen and oxygen atoms in total. The number of hydrogen-bond acceptors (Lipinski definition) is 1. The number of fused-ring (bicyclic) bond motifs is 9. The molecule has 0 fully saturated rings. The summed E-state index contributed by atoms with van der Waals surface area (Å²) in [4.78, 5) is 0.